The molecule has 1 aromatic carbocycles. The highest BCUT2D eigenvalue weighted by Crippen LogP contribution is 2.25. The molecule has 20 heavy (non-hydrogen) atoms. The summed E-state index contributed by atoms with van der Waals surface area (Å²) in [4.78, 5) is 1.30. The molecule has 0 aliphatic carbocycles. The molecule has 1 N–H and O–H groups in total. The van der Waals surface area contributed by atoms with Gasteiger partial charge in [-0.1, -0.05) is 37.7 Å². The van der Waals surface area contributed by atoms with Crippen LogP contribution in [0.3, 0.4) is 0 Å². The Morgan fingerprint density at radius 1 is 1.20 bits per heavy atom. The Balaban J connectivity index is 1.95. The van der Waals surface area contributed by atoms with Crippen LogP contribution in [-0.2, 0) is 19.4 Å². The monoisotopic (exact) mass is 309 g/mol. The smallest absolute Gasteiger partial charge is 0.191 e. The fraction of sp³-hybridized carbons (Fsp3) is 0.429. The molecule has 0 atom stereocenters. The average molecular weight is 309 g/mol. The van der Waals surface area contributed by atoms with E-state index >= 15 is 0 Å². The van der Waals surface area contributed by atoms with E-state index in [4.69, 9.17) is 5.11 Å². The zero-order valence-corrected chi connectivity index (χ0v) is 13.5. The molecule has 6 heteroatoms. The summed E-state index contributed by atoms with van der Waals surface area (Å²) in [6.07, 6.45) is 0. The molecule has 2 rings (SSSR count). The first-order valence-corrected chi connectivity index (χ1v) is 8.34. The number of aromatic nitrogens is 3. The summed E-state index contributed by atoms with van der Waals surface area (Å²) >= 11 is 3.50. The lowest BCUT2D eigenvalue weighted by atomic mass is 10.2. The van der Waals surface area contributed by atoms with Gasteiger partial charge in [-0.25, -0.2) is 0 Å². The van der Waals surface area contributed by atoms with Crippen LogP contribution in [0.15, 0.2) is 34.3 Å². The Hall–Kier alpha value is -0.980. The summed E-state index contributed by atoms with van der Waals surface area (Å²) in [6, 6.07) is 8.63. The summed E-state index contributed by atoms with van der Waals surface area (Å²) in [7, 11) is 1.87. The number of nitrogens with zero attached hydrogens (tertiary/aromatic N) is 3. The summed E-state index contributed by atoms with van der Waals surface area (Å²) in [5, 5.41) is 18.5. The van der Waals surface area contributed by atoms with Gasteiger partial charge in [0, 0.05) is 22.9 Å². The standard InChI is InChI=1S/C14H19N3OS2/c1-10(2)20-12-6-4-11(5-7-12)9-19-14-16-15-13(8-18)17(14)3/h4-7,10,18H,8-9H2,1-3H3. The number of aliphatic hydroxyl groups excluding tert-OH is 1. The molecule has 1 heterocycles. The van der Waals surface area contributed by atoms with E-state index in [2.05, 4.69) is 48.3 Å². The van der Waals surface area contributed by atoms with E-state index in [1.807, 2.05) is 23.4 Å². The quantitative estimate of drug-likeness (QED) is 0.831. The summed E-state index contributed by atoms with van der Waals surface area (Å²) in [6.45, 7) is 4.31. The molecule has 0 spiro atoms. The number of benzene rings is 1. The SMILES string of the molecule is CC(C)Sc1ccc(CSc2nnc(CO)n2C)cc1. The third kappa shape index (κ3) is 4.01. The first-order valence-electron chi connectivity index (χ1n) is 6.47. The molecule has 0 amide bonds. The van der Waals surface area contributed by atoms with Crippen molar-refractivity contribution in [2.45, 2.75) is 41.5 Å². The van der Waals surface area contributed by atoms with Crippen molar-refractivity contribution < 1.29 is 5.11 Å². The van der Waals surface area contributed by atoms with Gasteiger partial charge < -0.3 is 9.67 Å². The highest BCUT2D eigenvalue weighted by molar-refractivity contribution is 8.00. The van der Waals surface area contributed by atoms with Crippen LogP contribution in [0.1, 0.15) is 25.2 Å². The summed E-state index contributed by atoms with van der Waals surface area (Å²) < 4.78 is 1.83. The van der Waals surface area contributed by atoms with Crippen LogP contribution >= 0.6 is 23.5 Å². The van der Waals surface area contributed by atoms with Crippen molar-refractivity contribution in [3.05, 3.63) is 35.7 Å². The summed E-state index contributed by atoms with van der Waals surface area (Å²) in [5.74, 6) is 1.44. The largest absolute Gasteiger partial charge is 0.388 e. The second-order valence-corrected chi connectivity index (χ2v) is 7.31. The van der Waals surface area contributed by atoms with Crippen molar-refractivity contribution in [3.8, 4) is 0 Å². The maximum Gasteiger partial charge on any atom is 0.191 e. The molecule has 0 unspecified atom stereocenters. The number of hydrogen-bond donors (Lipinski definition) is 1. The molecular formula is C14H19N3OS2. The predicted molar refractivity (Wildman–Crippen MR) is 83.9 cm³/mol. The minimum absolute atomic E-state index is 0.0782. The third-order valence-electron chi connectivity index (χ3n) is 2.73. The van der Waals surface area contributed by atoms with Crippen LogP contribution < -0.4 is 0 Å². The second-order valence-electron chi connectivity index (χ2n) is 4.72. The Bertz CT molecular complexity index is 552. The van der Waals surface area contributed by atoms with E-state index in [0.717, 1.165) is 10.9 Å². The van der Waals surface area contributed by atoms with Crippen molar-refractivity contribution in [3.63, 3.8) is 0 Å². The molecule has 0 bridgehead atoms. The van der Waals surface area contributed by atoms with E-state index in [9.17, 15) is 0 Å². The van der Waals surface area contributed by atoms with E-state index in [1.54, 1.807) is 11.8 Å². The lowest BCUT2D eigenvalue weighted by molar-refractivity contribution is 0.266. The van der Waals surface area contributed by atoms with Crippen molar-refractivity contribution in [2.24, 2.45) is 7.05 Å². The maximum absolute atomic E-state index is 9.08. The molecule has 108 valence electrons. The van der Waals surface area contributed by atoms with Crippen molar-refractivity contribution in [1.29, 1.82) is 0 Å². The Morgan fingerprint density at radius 3 is 2.45 bits per heavy atom. The van der Waals surface area contributed by atoms with Gasteiger partial charge in [0.1, 0.15) is 6.61 Å². The first-order chi connectivity index (χ1) is 9.60. The van der Waals surface area contributed by atoms with Crippen molar-refractivity contribution in [1.82, 2.24) is 14.8 Å². The van der Waals surface area contributed by atoms with Crippen molar-refractivity contribution in [2.75, 3.05) is 0 Å². The zero-order valence-electron chi connectivity index (χ0n) is 11.9. The van der Waals surface area contributed by atoms with Crippen LogP contribution in [0, 0.1) is 0 Å². The lowest BCUT2D eigenvalue weighted by Crippen LogP contribution is -1.98. The Kier molecular flexibility index (Phi) is 5.51. The minimum Gasteiger partial charge on any atom is -0.388 e. The highest BCUT2D eigenvalue weighted by atomic mass is 32.2. The van der Waals surface area contributed by atoms with Gasteiger partial charge in [-0.2, -0.15) is 0 Å². The van der Waals surface area contributed by atoms with Crippen LogP contribution in [0.5, 0.6) is 0 Å². The maximum atomic E-state index is 9.08. The fourth-order valence-corrected chi connectivity index (χ4v) is 3.42. The van der Waals surface area contributed by atoms with Crippen molar-refractivity contribution >= 4 is 23.5 Å². The third-order valence-corrected chi connectivity index (χ3v) is 4.84. The zero-order chi connectivity index (χ0) is 14.5. The second kappa shape index (κ2) is 7.15. The molecule has 0 fully saturated rings. The van der Waals surface area contributed by atoms with Gasteiger partial charge in [-0.05, 0) is 17.7 Å². The fourth-order valence-electron chi connectivity index (χ4n) is 1.69. The number of hydrogen-bond acceptors (Lipinski definition) is 5. The summed E-state index contributed by atoms with van der Waals surface area (Å²) in [5.41, 5.74) is 1.26. The highest BCUT2D eigenvalue weighted by Gasteiger charge is 2.08. The molecule has 0 aliphatic heterocycles. The average Bonchev–Trinajstić information content (AvgIpc) is 2.78. The topological polar surface area (TPSA) is 50.9 Å². The van der Waals surface area contributed by atoms with Gasteiger partial charge in [0.2, 0.25) is 0 Å². The van der Waals surface area contributed by atoms with E-state index in [0.29, 0.717) is 11.1 Å². The molecule has 0 saturated carbocycles. The minimum atomic E-state index is -0.0782. The van der Waals surface area contributed by atoms with E-state index in [1.165, 1.54) is 10.5 Å². The van der Waals surface area contributed by atoms with Gasteiger partial charge in [-0.15, -0.1) is 22.0 Å². The van der Waals surface area contributed by atoms with Gasteiger partial charge in [-0.3, -0.25) is 0 Å². The molecule has 2 aromatic rings. The predicted octanol–water partition coefficient (Wildman–Crippen LogP) is 3.10. The number of thioether (sulfide) groups is 2. The van der Waals surface area contributed by atoms with E-state index in [-0.39, 0.29) is 6.61 Å². The molecular weight excluding hydrogens is 290 g/mol. The number of rotatable bonds is 6. The first kappa shape index (κ1) is 15.4. The molecule has 0 radical (unpaired) electrons. The van der Waals surface area contributed by atoms with Gasteiger partial charge in [0.15, 0.2) is 11.0 Å². The Labute approximate surface area is 128 Å². The van der Waals surface area contributed by atoms with E-state index < -0.39 is 0 Å². The molecule has 4 nitrogen and oxygen atoms in total. The molecule has 1 aromatic heterocycles. The Morgan fingerprint density at radius 2 is 1.90 bits per heavy atom. The normalized spacial score (nSPS) is 11.2. The van der Waals surface area contributed by atoms with Gasteiger partial charge in [0.25, 0.3) is 0 Å². The van der Waals surface area contributed by atoms with Crippen LogP contribution in [0.2, 0.25) is 0 Å². The molecule has 0 saturated heterocycles. The lowest BCUT2D eigenvalue weighted by Gasteiger charge is -2.06. The molecule has 0 aliphatic rings. The van der Waals surface area contributed by atoms with Crippen LogP contribution in [0.25, 0.3) is 0 Å². The van der Waals surface area contributed by atoms with Crippen LogP contribution in [-0.4, -0.2) is 25.1 Å². The van der Waals surface area contributed by atoms with Crippen LogP contribution in [0.4, 0.5) is 0 Å². The van der Waals surface area contributed by atoms with Gasteiger partial charge >= 0.3 is 0 Å². The van der Waals surface area contributed by atoms with Gasteiger partial charge in [0.05, 0.1) is 0 Å². The number of aliphatic hydroxyl groups is 1.